The first-order valence-corrected chi connectivity index (χ1v) is 4.73. The first-order valence-electron chi connectivity index (χ1n) is 4.00. The minimum Gasteiger partial charge on any atom is -0.476 e. The molecule has 0 aliphatic heterocycles. The summed E-state index contributed by atoms with van der Waals surface area (Å²) in [5.41, 5.74) is 0. The van der Waals surface area contributed by atoms with Crippen LogP contribution in [-0.2, 0) is 0 Å². The molecule has 0 radical (unpaired) electrons. The standard InChI is InChI=1S/C8H10N2OS/c1-2-4-7(3-1)6-11-8-5-9-12-10-8/h1-2,5,7H,3-4,6H2. The Morgan fingerprint density at radius 3 is 3.00 bits per heavy atom. The second kappa shape index (κ2) is 3.67. The summed E-state index contributed by atoms with van der Waals surface area (Å²) in [6.07, 6.45) is 8.34. The number of allylic oxidation sites excluding steroid dienone is 2. The van der Waals surface area contributed by atoms with Crippen LogP contribution < -0.4 is 4.74 Å². The molecule has 64 valence electrons. The van der Waals surface area contributed by atoms with Crippen LogP contribution in [0.1, 0.15) is 12.8 Å². The van der Waals surface area contributed by atoms with Crippen LogP contribution in [0, 0.1) is 5.92 Å². The van der Waals surface area contributed by atoms with Crippen molar-refractivity contribution >= 4 is 11.7 Å². The average molecular weight is 182 g/mol. The van der Waals surface area contributed by atoms with Gasteiger partial charge in [-0.25, -0.2) is 0 Å². The molecule has 0 N–H and O–H groups in total. The lowest BCUT2D eigenvalue weighted by molar-refractivity contribution is 0.249. The lowest BCUT2D eigenvalue weighted by Crippen LogP contribution is -2.08. The van der Waals surface area contributed by atoms with Crippen molar-refractivity contribution in [2.45, 2.75) is 12.8 Å². The molecule has 0 saturated carbocycles. The molecule has 2 rings (SSSR count). The molecule has 0 atom stereocenters. The number of hydrogen-bond acceptors (Lipinski definition) is 4. The zero-order valence-corrected chi connectivity index (χ0v) is 7.46. The highest BCUT2D eigenvalue weighted by Gasteiger charge is 2.11. The fourth-order valence-electron chi connectivity index (χ4n) is 1.23. The van der Waals surface area contributed by atoms with Crippen LogP contribution in [0.2, 0.25) is 0 Å². The van der Waals surface area contributed by atoms with Gasteiger partial charge in [0, 0.05) is 0 Å². The van der Waals surface area contributed by atoms with Crippen LogP contribution in [0.4, 0.5) is 0 Å². The molecule has 3 nitrogen and oxygen atoms in total. The lowest BCUT2D eigenvalue weighted by atomic mass is 10.1. The second-order valence-corrected chi connectivity index (χ2v) is 3.42. The molecule has 0 fully saturated rings. The van der Waals surface area contributed by atoms with Crippen molar-refractivity contribution in [3.05, 3.63) is 18.3 Å². The van der Waals surface area contributed by atoms with Crippen molar-refractivity contribution in [1.82, 2.24) is 8.75 Å². The molecule has 1 aromatic heterocycles. The van der Waals surface area contributed by atoms with Crippen LogP contribution >= 0.6 is 11.7 Å². The minimum absolute atomic E-state index is 0.645. The number of ether oxygens (including phenoxy) is 1. The second-order valence-electron chi connectivity index (χ2n) is 2.87. The Kier molecular flexibility index (Phi) is 2.36. The highest BCUT2D eigenvalue weighted by molar-refractivity contribution is 6.99. The van der Waals surface area contributed by atoms with E-state index in [1.165, 1.54) is 11.7 Å². The van der Waals surface area contributed by atoms with Gasteiger partial charge in [0.2, 0.25) is 5.88 Å². The Morgan fingerprint density at radius 1 is 1.50 bits per heavy atom. The van der Waals surface area contributed by atoms with Gasteiger partial charge in [-0.1, -0.05) is 12.2 Å². The molecule has 1 heterocycles. The van der Waals surface area contributed by atoms with Gasteiger partial charge in [-0.15, -0.1) is 4.37 Å². The lowest BCUT2D eigenvalue weighted by Gasteiger charge is -2.07. The van der Waals surface area contributed by atoms with E-state index in [9.17, 15) is 0 Å². The Bertz CT molecular complexity index is 250. The third kappa shape index (κ3) is 1.82. The molecular weight excluding hydrogens is 172 g/mol. The summed E-state index contributed by atoms with van der Waals surface area (Å²) in [7, 11) is 0. The molecule has 1 aliphatic carbocycles. The molecule has 0 spiro atoms. The van der Waals surface area contributed by atoms with Gasteiger partial charge in [-0.3, -0.25) is 0 Å². The van der Waals surface area contributed by atoms with Crippen molar-refractivity contribution in [1.29, 1.82) is 0 Å². The van der Waals surface area contributed by atoms with Gasteiger partial charge in [-0.2, -0.15) is 4.37 Å². The van der Waals surface area contributed by atoms with Crippen LogP contribution in [-0.4, -0.2) is 15.4 Å². The number of aromatic nitrogens is 2. The monoisotopic (exact) mass is 182 g/mol. The van der Waals surface area contributed by atoms with Crippen LogP contribution in [0.15, 0.2) is 18.3 Å². The van der Waals surface area contributed by atoms with Crippen molar-refractivity contribution in [2.75, 3.05) is 6.61 Å². The summed E-state index contributed by atoms with van der Waals surface area (Å²) < 4.78 is 13.2. The van der Waals surface area contributed by atoms with E-state index in [1.807, 2.05) is 0 Å². The largest absolute Gasteiger partial charge is 0.476 e. The van der Waals surface area contributed by atoms with Crippen molar-refractivity contribution in [3.8, 4) is 5.88 Å². The minimum atomic E-state index is 0.645. The molecule has 1 aromatic rings. The number of nitrogens with zero attached hydrogens (tertiary/aromatic N) is 2. The van der Waals surface area contributed by atoms with Crippen LogP contribution in [0.3, 0.4) is 0 Å². The van der Waals surface area contributed by atoms with Gasteiger partial charge in [0.15, 0.2) is 0 Å². The number of rotatable bonds is 3. The van der Waals surface area contributed by atoms with E-state index in [2.05, 4.69) is 20.9 Å². The highest BCUT2D eigenvalue weighted by atomic mass is 32.1. The summed E-state index contributed by atoms with van der Waals surface area (Å²) >= 11 is 1.18. The summed E-state index contributed by atoms with van der Waals surface area (Å²) in [5.74, 6) is 1.30. The average Bonchev–Trinajstić information content (AvgIpc) is 2.74. The third-order valence-corrected chi connectivity index (χ3v) is 2.37. The summed E-state index contributed by atoms with van der Waals surface area (Å²) in [6, 6.07) is 0. The predicted octanol–water partition coefficient (Wildman–Crippen LogP) is 1.88. The first-order chi connectivity index (χ1) is 5.95. The maximum atomic E-state index is 5.43. The Balaban J connectivity index is 1.75. The van der Waals surface area contributed by atoms with Gasteiger partial charge in [0.1, 0.15) is 6.20 Å². The molecule has 0 saturated heterocycles. The summed E-state index contributed by atoms with van der Waals surface area (Å²) in [4.78, 5) is 0. The maximum Gasteiger partial charge on any atom is 0.245 e. The topological polar surface area (TPSA) is 35.0 Å². The Labute approximate surface area is 75.4 Å². The molecular formula is C8H10N2OS. The van der Waals surface area contributed by atoms with E-state index in [0.717, 1.165) is 19.4 Å². The molecule has 12 heavy (non-hydrogen) atoms. The Morgan fingerprint density at radius 2 is 2.33 bits per heavy atom. The number of hydrogen-bond donors (Lipinski definition) is 0. The van der Waals surface area contributed by atoms with Crippen LogP contribution in [0.25, 0.3) is 0 Å². The fourth-order valence-corrected chi connectivity index (χ4v) is 1.60. The van der Waals surface area contributed by atoms with Gasteiger partial charge in [0.25, 0.3) is 0 Å². The zero-order valence-electron chi connectivity index (χ0n) is 6.64. The quantitative estimate of drug-likeness (QED) is 0.669. The van der Waals surface area contributed by atoms with Gasteiger partial charge < -0.3 is 4.74 Å². The van der Waals surface area contributed by atoms with E-state index in [-0.39, 0.29) is 0 Å². The molecule has 0 amide bonds. The van der Waals surface area contributed by atoms with Gasteiger partial charge in [0.05, 0.1) is 18.3 Å². The van der Waals surface area contributed by atoms with Gasteiger partial charge in [-0.05, 0) is 18.8 Å². The van der Waals surface area contributed by atoms with E-state index in [0.29, 0.717) is 11.8 Å². The third-order valence-electron chi connectivity index (χ3n) is 1.91. The zero-order chi connectivity index (χ0) is 8.23. The molecule has 0 aromatic carbocycles. The van der Waals surface area contributed by atoms with Crippen molar-refractivity contribution in [3.63, 3.8) is 0 Å². The summed E-state index contributed by atoms with van der Waals surface area (Å²) in [5, 5.41) is 0. The predicted molar refractivity (Wildman–Crippen MR) is 47.3 cm³/mol. The highest BCUT2D eigenvalue weighted by Crippen LogP contribution is 2.18. The Hall–Kier alpha value is -0.900. The summed E-state index contributed by atoms with van der Waals surface area (Å²) in [6.45, 7) is 0.762. The maximum absolute atomic E-state index is 5.43. The SMILES string of the molecule is C1=CCC(COc2cnsn2)C1. The van der Waals surface area contributed by atoms with Gasteiger partial charge >= 0.3 is 0 Å². The molecule has 4 heteroatoms. The van der Waals surface area contributed by atoms with Crippen LogP contribution in [0.5, 0.6) is 5.88 Å². The van der Waals surface area contributed by atoms with E-state index in [1.54, 1.807) is 6.20 Å². The normalized spacial score (nSPS) is 17.0. The molecule has 0 unspecified atom stereocenters. The van der Waals surface area contributed by atoms with E-state index in [4.69, 9.17) is 4.74 Å². The van der Waals surface area contributed by atoms with Crippen molar-refractivity contribution in [2.24, 2.45) is 5.92 Å². The fraction of sp³-hybridized carbons (Fsp3) is 0.500. The first kappa shape index (κ1) is 7.73. The van der Waals surface area contributed by atoms with Crippen molar-refractivity contribution < 1.29 is 4.74 Å². The smallest absolute Gasteiger partial charge is 0.245 e. The molecule has 1 aliphatic rings. The van der Waals surface area contributed by atoms with E-state index < -0.39 is 0 Å². The molecule has 0 bridgehead atoms. The van der Waals surface area contributed by atoms with E-state index >= 15 is 0 Å².